The zero-order valence-electron chi connectivity index (χ0n) is 13.6. The molecular weight excluding hydrogens is 322 g/mol. The first kappa shape index (κ1) is 16.6. The fourth-order valence-electron chi connectivity index (χ4n) is 2.44. The smallest absolute Gasteiger partial charge is 0.282 e. The molecule has 0 saturated heterocycles. The molecule has 0 aliphatic heterocycles. The summed E-state index contributed by atoms with van der Waals surface area (Å²) in [7, 11) is 0. The fourth-order valence-corrected chi connectivity index (χ4v) is 2.44. The second kappa shape index (κ2) is 6.72. The number of anilines is 2. The maximum Gasteiger partial charge on any atom is 0.282 e. The third kappa shape index (κ3) is 3.82. The molecule has 128 valence electrons. The van der Waals surface area contributed by atoms with Crippen LogP contribution in [0, 0.1) is 23.0 Å². The number of carbonyl (C=O) groups is 2. The number of benzene rings is 2. The van der Waals surface area contributed by atoms with Crippen LogP contribution >= 0.6 is 0 Å². The van der Waals surface area contributed by atoms with Crippen LogP contribution in [0.15, 0.2) is 42.5 Å². The molecule has 7 nitrogen and oxygen atoms in total. The summed E-state index contributed by atoms with van der Waals surface area (Å²) in [5, 5.41) is 16.5. The lowest BCUT2D eigenvalue weighted by atomic mass is 10.1. The molecule has 25 heavy (non-hydrogen) atoms. The predicted molar refractivity (Wildman–Crippen MR) is 93.6 cm³/mol. The molecule has 1 fully saturated rings. The number of hydrogen-bond donors (Lipinski definition) is 2. The van der Waals surface area contributed by atoms with Gasteiger partial charge in [0.25, 0.3) is 11.6 Å². The third-order valence-corrected chi connectivity index (χ3v) is 4.05. The van der Waals surface area contributed by atoms with Gasteiger partial charge in [0, 0.05) is 23.4 Å². The fraction of sp³-hybridized carbons (Fsp3) is 0.222. The summed E-state index contributed by atoms with van der Waals surface area (Å²) in [6, 6.07) is 10.9. The Labute approximate surface area is 144 Å². The number of nitrogens with zero attached hydrogens (tertiary/aromatic N) is 1. The molecule has 0 atom stereocenters. The molecule has 0 spiro atoms. The number of nitrogens with one attached hydrogen (secondary N) is 2. The molecule has 1 saturated carbocycles. The number of nitro benzene ring substituents is 1. The van der Waals surface area contributed by atoms with Crippen molar-refractivity contribution in [3.63, 3.8) is 0 Å². The van der Waals surface area contributed by atoms with Crippen LogP contribution in [0.5, 0.6) is 0 Å². The van der Waals surface area contributed by atoms with E-state index in [1.54, 1.807) is 24.3 Å². The van der Waals surface area contributed by atoms with E-state index >= 15 is 0 Å². The van der Waals surface area contributed by atoms with E-state index in [9.17, 15) is 19.7 Å². The van der Waals surface area contributed by atoms with E-state index in [-0.39, 0.29) is 23.1 Å². The summed E-state index contributed by atoms with van der Waals surface area (Å²) in [6.45, 7) is 1.86. The molecule has 0 radical (unpaired) electrons. The Morgan fingerprint density at radius 2 is 1.84 bits per heavy atom. The molecule has 2 aromatic rings. The maximum absolute atomic E-state index is 12.4. The van der Waals surface area contributed by atoms with Crippen molar-refractivity contribution in [1.82, 2.24) is 0 Å². The molecule has 1 aliphatic rings. The van der Waals surface area contributed by atoms with Gasteiger partial charge in [0.2, 0.25) is 5.91 Å². The molecule has 7 heteroatoms. The van der Waals surface area contributed by atoms with Crippen molar-refractivity contribution in [1.29, 1.82) is 0 Å². The van der Waals surface area contributed by atoms with Crippen LogP contribution in [-0.4, -0.2) is 16.7 Å². The van der Waals surface area contributed by atoms with Crippen LogP contribution in [0.3, 0.4) is 0 Å². The molecular formula is C18H17N3O4. The predicted octanol–water partition coefficient (Wildman–Crippen LogP) is 3.50. The minimum absolute atomic E-state index is 0.0170. The Morgan fingerprint density at radius 1 is 1.12 bits per heavy atom. The summed E-state index contributed by atoms with van der Waals surface area (Å²) < 4.78 is 0. The normalized spacial score (nSPS) is 13.2. The monoisotopic (exact) mass is 339 g/mol. The van der Waals surface area contributed by atoms with E-state index < -0.39 is 10.8 Å². The van der Waals surface area contributed by atoms with Gasteiger partial charge in [0.05, 0.1) is 4.92 Å². The molecule has 0 unspecified atom stereocenters. The SMILES string of the molecule is Cc1ccc(NC(=O)c2ccccc2[N+](=O)[O-])cc1NC(=O)C1CC1. The number of aryl methyl sites for hydroxylation is 1. The average Bonchev–Trinajstić information content (AvgIpc) is 3.43. The van der Waals surface area contributed by atoms with E-state index in [2.05, 4.69) is 10.6 Å². The van der Waals surface area contributed by atoms with Crippen molar-refractivity contribution in [3.8, 4) is 0 Å². The summed E-state index contributed by atoms with van der Waals surface area (Å²) in [5.74, 6) is -0.523. The van der Waals surface area contributed by atoms with Crippen LogP contribution in [0.2, 0.25) is 0 Å². The minimum Gasteiger partial charge on any atom is -0.326 e. The van der Waals surface area contributed by atoms with Gasteiger partial charge in [-0.1, -0.05) is 18.2 Å². The van der Waals surface area contributed by atoms with E-state index in [0.29, 0.717) is 11.4 Å². The average molecular weight is 339 g/mol. The van der Waals surface area contributed by atoms with Gasteiger partial charge >= 0.3 is 0 Å². The number of para-hydroxylation sites is 1. The number of nitro groups is 1. The summed E-state index contributed by atoms with van der Waals surface area (Å²) in [4.78, 5) is 34.8. The molecule has 3 rings (SSSR count). The second-order valence-corrected chi connectivity index (χ2v) is 6.02. The van der Waals surface area contributed by atoms with Crippen LogP contribution in [-0.2, 0) is 4.79 Å². The summed E-state index contributed by atoms with van der Waals surface area (Å²) in [6.07, 6.45) is 1.80. The molecule has 0 heterocycles. The van der Waals surface area contributed by atoms with Crippen molar-refractivity contribution < 1.29 is 14.5 Å². The Balaban J connectivity index is 1.79. The summed E-state index contributed by atoms with van der Waals surface area (Å²) in [5.41, 5.74) is 1.68. The number of hydrogen-bond acceptors (Lipinski definition) is 4. The van der Waals surface area contributed by atoms with Crippen LogP contribution < -0.4 is 10.6 Å². The van der Waals surface area contributed by atoms with Crippen molar-refractivity contribution in [2.45, 2.75) is 19.8 Å². The van der Waals surface area contributed by atoms with Gasteiger partial charge < -0.3 is 10.6 Å². The van der Waals surface area contributed by atoms with Crippen LogP contribution in [0.25, 0.3) is 0 Å². The Kier molecular flexibility index (Phi) is 4.47. The van der Waals surface area contributed by atoms with Crippen molar-refractivity contribution in [2.75, 3.05) is 10.6 Å². The zero-order valence-corrected chi connectivity index (χ0v) is 13.6. The van der Waals surface area contributed by atoms with E-state index in [0.717, 1.165) is 18.4 Å². The van der Waals surface area contributed by atoms with Crippen molar-refractivity contribution in [2.24, 2.45) is 5.92 Å². The topological polar surface area (TPSA) is 101 Å². The van der Waals surface area contributed by atoms with Gasteiger partial charge in [-0.15, -0.1) is 0 Å². The highest BCUT2D eigenvalue weighted by Crippen LogP contribution is 2.31. The largest absolute Gasteiger partial charge is 0.326 e. The van der Waals surface area contributed by atoms with Gasteiger partial charge in [-0.2, -0.15) is 0 Å². The Morgan fingerprint density at radius 3 is 2.52 bits per heavy atom. The van der Waals surface area contributed by atoms with E-state index in [4.69, 9.17) is 0 Å². The molecule has 0 aromatic heterocycles. The second-order valence-electron chi connectivity index (χ2n) is 6.02. The first-order chi connectivity index (χ1) is 12.0. The molecule has 2 amide bonds. The minimum atomic E-state index is -0.592. The molecule has 1 aliphatic carbocycles. The quantitative estimate of drug-likeness (QED) is 0.643. The lowest BCUT2D eigenvalue weighted by molar-refractivity contribution is -0.385. The van der Waals surface area contributed by atoms with E-state index in [1.807, 2.05) is 6.92 Å². The van der Waals surface area contributed by atoms with Crippen molar-refractivity contribution >= 4 is 28.9 Å². The number of amides is 2. The van der Waals surface area contributed by atoms with Crippen LogP contribution in [0.4, 0.5) is 17.1 Å². The molecule has 0 bridgehead atoms. The van der Waals surface area contributed by atoms with Gasteiger partial charge in [-0.3, -0.25) is 19.7 Å². The lowest BCUT2D eigenvalue weighted by Crippen LogP contribution is -2.16. The number of rotatable bonds is 5. The Bertz CT molecular complexity index is 859. The maximum atomic E-state index is 12.4. The van der Waals surface area contributed by atoms with Gasteiger partial charge in [0.1, 0.15) is 5.56 Å². The van der Waals surface area contributed by atoms with E-state index in [1.165, 1.54) is 18.2 Å². The third-order valence-electron chi connectivity index (χ3n) is 4.05. The van der Waals surface area contributed by atoms with Gasteiger partial charge in [-0.25, -0.2) is 0 Å². The first-order valence-electron chi connectivity index (χ1n) is 7.92. The highest BCUT2D eigenvalue weighted by Gasteiger charge is 2.29. The first-order valence-corrected chi connectivity index (χ1v) is 7.92. The van der Waals surface area contributed by atoms with Gasteiger partial charge in [0.15, 0.2) is 0 Å². The van der Waals surface area contributed by atoms with Crippen molar-refractivity contribution in [3.05, 3.63) is 63.7 Å². The van der Waals surface area contributed by atoms with Crippen LogP contribution in [0.1, 0.15) is 28.8 Å². The standard InChI is InChI=1S/C18H17N3O4/c1-11-6-9-13(10-15(11)20-17(22)12-7-8-12)19-18(23)14-4-2-3-5-16(14)21(24)25/h2-6,9-10,12H,7-8H2,1H3,(H,19,23)(H,20,22). The van der Waals surface area contributed by atoms with Gasteiger partial charge in [-0.05, 0) is 43.5 Å². The highest BCUT2D eigenvalue weighted by molar-refractivity contribution is 6.07. The lowest BCUT2D eigenvalue weighted by Gasteiger charge is -2.11. The highest BCUT2D eigenvalue weighted by atomic mass is 16.6. The molecule has 2 N–H and O–H groups in total. The Hall–Kier alpha value is -3.22. The molecule has 2 aromatic carbocycles. The summed E-state index contributed by atoms with van der Waals surface area (Å²) >= 11 is 0. The number of carbonyl (C=O) groups excluding carboxylic acids is 2. The zero-order chi connectivity index (χ0) is 18.0.